The number of carbonyl (C=O) groups excluding carboxylic acids is 1. The second-order valence-electron chi connectivity index (χ2n) is 5.83. The largest absolute Gasteiger partial charge is 0.439 e. The molecule has 2 bridgehead atoms. The van der Waals surface area contributed by atoms with Crippen molar-refractivity contribution in [3.63, 3.8) is 0 Å². The smallest absolute Gasteiger partial charge is 0.270 e. The van der Waals surface area contributed by atoms with Gasteiger partial charge in [-0.05, 0) is 25.3 Å². The first-order valence-electron chi connectivity index (χ1n) is 7.37. The van der Waals surface area contributed by atoms with Gasteiger partial charge in [0, 0.05) is 36.6 Å². The molecule has 3 atom stereocenters. The summed E-state index contributed by atoms with van der Waals surface area (Å²) in [6, 6.07) is 4.86. The van der Waals surface area contributed by atoms with Crippen LogP contribution in [0.3, 0.4) is 0 Å². The quantitative estimate of drug-likeness (QED) is 0.796. The summed E-state index contributed by atoms with van der Waals surface area (Å²) in [5, 5.41) is 10.4. The van der Waals surface area contributed by atoms with E-state index >= 15 is 0 Å². The molecule has 2 aliphatic heterocycles. The molecule has 0 radical (unpaired) electrons. The topological polar surface area (TPSA) is 79.2 Å². The summed E-state index contributed by atoms with van der Waals surface area (Å²) < 4.78 is 5.51. The van der Waals surface area contributed by atoms with Crippen LogP contribution in [0.5, 0.6) is 0 Å². The molecule has 0 unspecified atom stereocenters. The number of aromatic nitrogens is 1. The summed E-state index contributed by atoms with van der Waals surface area (Å²) in [5.74, 6) is 0.560. The fourth-order valence-electron chi connectivity index (χ4n) is 3.42. The van der Waals surface area contributed by atoms with Crippen LogP contribution in [0.15, 0.2) is 22.7 Å². The fraction of sp³-hybridized carbons (Fsp3) is 0.467. The van der Waals surface area contributed by atoms with Gasteiger partial charge in [-0.2, -0.15) is 0 Å². The van der Waals surface area contributed by atoms with Gasteiger partial charge >= 0.3 is 0 Å². The van der Waals surface area contributed by atoms with Gasteiger partial charge < -0.3 is 20.4 Å². The van der Waals surface area contributed by atoms with E-state index in [9.17, 15) is 4.79 Å². The van der Waals surface area contributed by atoms with Crippen LogP contribution in [0.4, 0.5) is 5.88 Å². The van der Waals surface area contributed by atoms with E-state index < -0.39 is 0 Å². The van der Waals surface area contributed by atoms with Gasteiger partial charge in [0.15, 0.2) is 11.5 Å². The Bertz CT molecular complexity index is 696. The van der Waals surface area contributed by atoms with Gasteiger partial charge in [-0.3, -0.25) is 4.79 Å². The van der Waals surface area contributed by atoms with Crippen molar-refractivity contribution in [3.05, 3.63) is 24.0 Å². The van der Waals surface area contributed by atoms with Crippen LogP contribution < -0.4 is 16.0 Å². The maximum absolute atomic E-state index is 12.3. The molecular weight excluding hydrogens is 268 g/mol. The lowest BCUT2D eigenvalue weighted by Gasteiger charge is -2.21. The normalized spacial score (nSPS) is 27.2. The van der Waals surface area contributed by atoms with Crippen LogP contribution in [-0.2, 0) is 0 Å². The molecule has 0 aliphatic carbocycles. The first kappa shape index (κ1) is 12.6. The van der Waals surface area contributed by atoms with Gasteiger partial charge in [0.2, 0.25) is 0 Å². The van der Waals surface area contributed by atoms with Crippen molar-refractivity contribution < 1.29 is 9.21 Å². The van der Waals surface area contributed by atoms with E-state index in [0.717, 1.165) is 18.2 Å². The Balaban J connectivity index is 1.53. The number of carbonyl (C=O) groups is 1. The number of furan rings is 1. The number of anilines is 1. The van der Waals surface area contributed by atoms with E-state index in [2.05, 4.69) is 20.9 Å². The van der Waals surface area contributed by atoms with Gasteiger partial charge in [-0.1, -0.05) is 0 Å². The van der Waals surface area contributed by atoms with E-state index in [0.29, 0.717) is 29.2 Å². The minimum atomic E-state index is -0.108. The number of fused-ring (bicyclic) bond motifs is 3. The highest BCUT2D eigenvalue weighted by atomic mass is 16.3. The predicted molar refractivity (Wildman–Crippen MR) is 79.4 cm³/mol. The van der Waals surface area contributed by atoms with Crippen LogP contribution in [0.1, 0.15) is 29.8 Å². The standard InChI is InChI=1S/C15H18N4O2/c1-16-14-5-8-4-12(17-7-13(8)21-14)15(20)19-11-6-9-2-3-10(11)18-9/h4-5,7,9-11,16,18H,2-3,6H2,1H3,(H,19,20)/t9-,10+,11-/m1/s1. The van der Waals surface area contributed by atoms with Gasteiger partial charge in [0.05, 0.1) is 6.20 Å². The Kier molecular flexibility index (Phi) is 2.85. The molecule has 21 heavy (non-hydrogen) atoms. The van der Waals surface area contributed by atoms with Crippen molar-refractivity contribution >= 4 is 22.8 Å². The number of nitrogens with zero attached hydrogens (tertiary/aromatic N) is 1. The summed E-state index contributed by atoms with van der Waals surface area (Å²) in [4.78, 5) is 16.6. The Hall–Kier alpha value is -2.08. The molecule has 0 saturated carbocycles. The third-order valence-corrected chi connectivity index (χ3v) is 4.50. The molecule has 3 N–H and O–H groups in total. The highest BCUT2D eigenvalue weighted by molar-refractivity contribution is 5.96. The Labute approximate surface area is 122 Å². The minimum absolute atomic E-state index is 0.108. The van der Waals surface area contributed by atoms with Crippen molar-refractivity contribution in [2.24, 2.45) is 0 Å². The Morgan fingerprint density at radius 3 is 3.05 bits per heavy atom. The zero-order chi connectivity index (χ0) is 14.4. The number of hydrogen-bond acceptors (Lipinski definition) is 5. The van der Waals surface area contributed by atoms with Crippen LogP contribution in [0.2, 0.25) is 0 Å². The highest BCUT2D eigenvalue weighted by Crippen LogP contribution is 2.28. The van der Waals surface area contributed by atoms with E-state index in [1.54, 1.807) is 19.3 Å². The van der Waals surface area contributed by atoms with Crippen LogP contribution in [-0.4, -0.2) is 36.1 Å². The molecule has 6 nitrogen and oxygen atoms in total. The molecule has 1 amide bonds. The van der Waals surface area contributed by atoms with Crippen molar-refractivity contribution in [1.29, 1.82) is 0 Å². The van der Waals surface area contributed by atoms with Crippen molar-refractivity contribution in [3.8, 4) is 0 Å². The first-order valence-corrected chi connectivity index (χ1v) is 7.37. The first-order chi connectivity index (χ1) is 10.2. The van der Waals surface area contributed by atoms with Crippen molar-refractivity contribution in [2.45, 2.75) is 37.4 Å². The monoisotopic (exact) mass is 286 g/mol. The van der Waals surface area contributed by atoms with Gasteiger partial charge in [-0.25, -0.2) is 4.98 Å². The fourth-order valence-corrected chi connectivity index (χ4v) is 3.42. The lowest BCUT2D eigenvalue weighted by Crippen LogP contribution is -2.43. The summed E-state index contributed by atoms with van der Waals surface area (Å²) >= 11 is 0. The molecular formula is C15H18N4O2. The third-order valence-electron chi connectivity index (χ3n) is 4.50. The lowest BCUT2D eigenvalue weighted by atomic mass is 9.95. The molecule has 2 aromatic rings. The number of pyridine rings is 1. The third kappa shape index (κ3) is 2.15. The molecule has 110 valence electrons. The van der Waals surface area contributed by atoms with Crippen LogP contribution in [0.25, 0.3) is 11.0 Å². The molecule has 6 heteroatoms. The Morgan fingerprint density at radius 2 is 2.33 bits per heavy atom. The SMILES string of the molecule is CNc1cc2cc(C(=O)N[C@@H]3C[C@H]4CC[C@@H]3N4)ncc2o1. The molecule has 2 aromatic heterocycles. The summed E-state index contributed by atoms with van der Waals surface area (Å²) in [5.41, 5.74) is 1.12. The molecule has 0 spiro atoms. The van der Waals surface area contributed by atoms with Crippen LogP contribution in [0, 0.1) is 0 Å². The average molecular weight is 286 g/mol. The summed E-state index contributed by atoms with van der Waals surface area (Å²) in [6.07, 6.45) is 5.00. The van der Waals surface area contributed by atoms with Gasteiger partial charge in [-0.15, -0.1) is 0 Å². The van der Waals surface area contributed by atoms with E-state index in [4.69, 9.17) is 4.42 Å². The summed E-state index contributed by atoms with van der Waals surface area (Å²) in [6.45, 7) is 0. The molecule has 0 aromatic carbocycles. The zero-order valence-electron chi connectivity index (χ0n) is 11.8. The zero-order valence-corrected chi connectivity index (χ0v) is 11.8. The van der Waals surface area contributed by atoms with E-state index in [1.807, 2.05) is 6.07 Å². The second kappa shape index (κ2) is 4.73. The van der Waals surface area contributed by atoms with Crippen LogP contribution >= 0.6 is 0 Å². The number of amides is 1. The van der Waals surface area contributed by atoms with E-state index in [1.165, 1.54) is 6.42 Å². The van der Waals surface area contributed by atoms with Crippen molar-refractivity contribution in [2.75, 3.05) is 12.4 Å². The molecule has 2 fully saturated rings. The molecule has 4 heterocycles. The minimum Gasteiger partial charge on any atom is -0.439 e. The highest BCUT2D eigenvalue weighted by Gasteiger charge is 2.39. The predicted octanol–water partition coefficient (Wildman–Crippen LogP) is 1.49. The Morgan fingerprint density at radius 1 is 1.43 bits per heavy atom. The second-order valence-corrected chi connectivity index (χ2v) is 5.83. The maximum atomic E-state index is 12.3. The molecule has 4 rings (SSSR count). The van der Waals surface area contributed by atoms with Gasteiger partial charge in [0.1, 0.15) is 5.69 Å². The van der Waals surface area contributed by atoms with E-state index in [-0.39, 0.29) is 11.9 Å². The number of nitrogens with one attached hydrogen (secondary N) is 3. The average Bonchev–Trinajstić information content (AvgIpc) is 3.20. The molecule has 2 aliphatic rings. The molecule has 2 saturated heterocycles. The van der Waals surface area contributed by atoms with Crippen molar-refractivity contribution in [1.82, 2.24) is 15.6 Å². The number of rotatable bonds is 3. The lowest BCUT2D eigenvalue weighted by molar-refractivity contribution is 0.0926. The maximum Gasteiger partial charge on any atom is 0.270 e. The van der Waals surface area contributed by atoms with Gasteiger partial charge in [0.25, 0.3) is 5.91 Å². The summed E-state index contributed by atoms with van der Waals surface area (Å²) in [7, 11) is 1.79. The number of hydrogen-bond donors (Lipinski definition) is 3.